The molecule has 102 valence electrons. The number of aryl methyl sites for hydroxylation is 1. The van der Waals surface area contributed by atoms with E-state index in [0.717, 1.165) is 43.5 Å². The van der Waals surface area contributed by atoms with Crippen molar-refractivity contribution in [1.29, 1.82) is 0 Å². The molecule has 0 saturated carbocycles. The molecule has 0 radical (unpaired) electrons. The first kappa shape index (κ1) is 12.6. The third-order valence-corrected chi connectivity index (χ3v) is 3.75. The second kappa shape index (κ2) is 5.31. The zero-order chi connectivity index (χ0) is 13.2. The van der Waals surface area contributed by atoms with E-state index in [1.807, 2.05) is 6.07 Å². The number of hydrogen-bond donors (Lipinski definition) is 2. The molecule has 0 amide bonds. The molecule has 1 aliphatic heterocycles. The molecule has 3 nitrogen and oxygen atoms in total. The van der Waals surface area contributed by atoms with Gasteiger partial charge < -0.3 is 15.2 Å². The molecule has 0 bridgehead atoms. The van der Waals surface area contributed by atoms with Crippen LogP contribution in [0, 0.1) is 5.82 Å². The summed E-state index contributed by atoms with van der Waals surface area (Å²) in [6.45, 7) is 6.00. The minimum absolute atomic E-state index is 0.160. The Morgan fingerprint density at radius 3 is 3.00 bits per heavy atom. The molecule has 4 heteroatoms. The number of aromatic nitrogens is 1. The van der Waals surface area contributed by atoms with E-state index in [2.05, 4.69) is 28.3 Å². The van der Waals surface area contributed by atoms with E-state index in [1.54, 1.807) is 12.1 Å². The largest absolute Gasteiger partial charge is 0.347 e. The summed E-state index contributed by atoms with van der Waals surface area (Å²) in [5.41, 5.74) is 2.33. The van der Waals surface area contributed by atoms with Crippen LogP contribution in [-0.4, -0.2) is 24.2 Å². The maximum Gasteiger partial charge on any atom is 0.123 e. The Bertz CT molecular complexity index is 570. The quantitative estimate of drug-likeness (QED) is 0.888. The van der Waals surface area contributed by atoms with Crippen LogP contribution in [0.2, 0.25) is 0 Å². The van der Waals surface area contributed by atoms with Crippen molar-refractivity contribution in [1.82, 2.24) is 15.2 Å². The fourth-order valence-electron chi connectivity index (χ4n) is 2.87. The lowest BCUT2D eigenvalue weighted by Gasteiger charge is -2.24. The second-order valence-corrected chi connectivity index (χ2v) is 5.15. The van der Waals surface area contributed by atoms with E-state index in [1.165, 1.54) is 5.56 Å². The minimum Gasteiger partial charge on any atom is -0.347 e. The number of nitrogens with zero attached hydrogens (tertiary/aromatic N) is 1. The van der Waals surface area contributed by atoms with Gasteiger partial charge in [0.1, 0.15) is 5.82 Å². The smallest absolute Gasteiger partial charge is 0.123 e. The van der Waals surface area contributed by atoms with E-state index >= 15 is 0 Å². The predicted octanol–water partition coefficient (Wildman–Crippen LogP) is 2.42. The van der Waals surface area contributed by atoms with Crippen LogP contribution < -0.4 is 10.6 Å². The van der Waals surface area contributed by atoms with Gasteiger partial charge in [-0.05, 0) is 30.2 Å². The van der Waals surface area contributed by atoms with Crippen molar-refractivity contribution < 1.29 is 4.39 Å². The second-order valence-electron chi connectivity index (χ2n) is 5.15. The predicted molar refractivity (Wildman–Crippen MR) is 75.8 cm³/mol. The average Bonchev–Trinajstić information content (AvgIpc) is 2.78. The number of benzene rings is 1. The third-order valence-electron chi connectivity index (χ3n) is 3.75. The highest BCUT2D eigenvalue weighted by atomic mass is 19.1. The molecule has 0 spiro atoms. The normalized spacial score (nSPS) is 20.0. The Morgan fingerprint density at radius 2 is 2.26 bits per heavy atom. The van der Waals surface area contributed by atoms with Gasteiger partial charge in [0.25, 0.3) is 0 Å². The average molecular weight is 261 g/mol. The SMILES string of the molecule is CCCn1cc(C2CNCCN2)c2cc(F)ccc21. The van der Waals surface area contributed by atoms with Crippen molar-refractivity contribution in [3.05, 3.63) is 35.8 Å². The van der Waals surface area contributed by atoms with Gasteiger partial charge in [-0.3, -0.25) is 0 Å². The molecule has 1 aromatic carbocycles. The molecule has 1 aromatic heterocycles. The van der Waals surface area contributed by atoms with Crippen molar-refractivity contribution in [2.75, 3.05) is 19.6 Å². The van der Waals surface area contributed by atoms with E-state index in [-0.39, 0.29) is 11.9 Å². The monoisotopic (exact) mass is 261 g/mol. The van der Waals surface area contributed by atoms with Crippen LogP contribution in [0.25, 0.3) is 10.9 Å². The van der Waals surface area contributed by atoms with Gasteiger partial charge in [0.2, 0.25) is 0 Å². The van der Waals surface area contributed by atoms with Crippen LogP contribution >= 0.6 is 0 Å². The van der Waals surface area contributed by atoms with Gasteiger partial charge in [-0.1, -0.05) is 6.92 Å². The first-order valence-electron chi connectivity index (χ1n) is 7.02. The fraction of sp³-hybridized carbons (Fsp3) is 0.467. The minimum atomic E-state index is -0.160. The molecule has 0 aliphatic carbocycles. The topological polar surface area (TPSA) is 29.0 Å². The lowest BCUT2D eigenvalue weighted by Crippen LogP contribution is -2.42. The third kappa shape index (κ3) is 2.38. The van der Waals surface area contributed by atoms with Gasteiger partial charge in [0, 0.05) is 49.3 Å². The Labute approximate surface area is 112 Å². The Hall–Kier alpha value is -1.39. The first-order valence-corrected chi connectivity index (χ1v) is 7.02. The molecule has 1 fully saturated rings. The summed E-state index contributed by atoms with van der Waals surface area (Å²) in [5, 5.41) is 7.93. The van der Waals surface area contributed by atoms with Crippen LogP contribution in [-0.2, 0) is 6.54 Å². The van der Waals surface area contributed by atoms with Crippen LogP contribution in [0.3, 0.4) is 0 Å². The van der Waals surface area contributed by atoms with Crippen molar-refractivity contribution in [2.45, 2.75) is 25.9 Å². The highest BCUT2D eigenvalue weighted by Gasteiger charge is 2.19. The highest BCUT2D eigenvalue weighted by molar-refractivity contribution is 5.84. The highest BCUT2D eigenvalue weighted by Crippen LogP contribution is 2.28. The molecule has 1 aliphatic rings. The molecule has 2 heterocycles. The standard InChI is InChI=1S/C15H20FN3/c1-2-7-19-10-13(14-9-17-5-6-18-14)12-8-11(16)3-4-15(12)19/h3-4,8,10,14,17-18H,2,5-7,9H2,1H3. The van der Waals surface area contributed by atoms with Crippen LogP contribution in [0.15, 0.2) is 24.4 Å². The molecule has 1 atom stereocenters. The van der Waals surface area contributed by atoms with Crippen molar-refractivity contribution >= 4 is 10.9 Å². The van der Waals surface area contributed by atoms with Gasteiger partial charge in [-0.15, -0.1) is 0 Å². The van der Waals surface area contributed by atoms with E-state index in [9.17, 15) is 4.39 Å². The molecular formula is C15H20FN3. The van der Waals surface area contributed by atoms with Gasteiger partial charge in [0.05, 0.1) is 0 Å². The van der Waals surface area contributed by atoms with Crippen LogP contribution in [0.4, 0.5) is 4.39 Å². The Balaban J connectivity index is 2.08. The number of fused-ring (bicyclic) bond motifs is 1. The maximum absolute atomic E-state index is 13.5. The molecule has 3 rings (SSSR count). The van der Waals surface area contributed by atoms with Crippen LogP contribution in [0.5, 0.6) is 0 Å². The number of nitrogens with one attached hydrogen (secondary N) is 2. The first-order chi connectivity index (χ1) is 9.29. The van der Waals surface area contributed by atoms with E-state index < -0.39 is 0 Å². The molecule has 1 saturated heterocycles. The van der Waals surface area contributed by atoms with Crippen molar-refractivity contribution in [3.63, 3.8) is 0 Å². The number of rotatable bonds is 3. The zero-order valence-electron chi connectivity index (χ0n) is 11.2. The maximum atomic E-state index is 13.5. The van der Waals surface area contributed by atoms with Gasteiger partial charge in [0.15, 0.2) is 0 Å². The molecule has 1 unspecified atom stereocenters. The summed E-state index contributed by atoms with van der Waals surface area (Å²) in [4.78, 5) is 0. The van der Waals surface area contributed by atoms with Gasteiger partial charge in [-0.2, -0.15) is 0 Å². The number of halogens is 1. The van der Waals surface area contributed by atoms with Crippen LogP contribution in [0.1, 0.15) is 24.9 Å². The summed E-state index contributed by atoms with van der Waals surface area (Å²) in [7, 11) is 0. The summed E-state index contributed by atoms with van der Waals surface area (Å²) in [6, 6.07) is 5.37. The summed E-state index contributed by atoms with van der Waals surface area (Å²) < 4.78 is 15.8. The van der Waals surface area contributed by atoms with Gasteiger partial charge in [-0.25, -0.2) is 4.39 Å². The lowest BCUT2D eigenvalue weighted by molar-refractivity contribution is 0.431. The van der Waals surface area contributed by atoms with Crippen molar-refractivity contribution in [2.24, 2.45) is 0 Å². The summed E-state index contributed by atoms with van der Waals surface area (Å²) in [6.07, 6.45) is 3.26. The Kier molecular flexibility index (Phi) is 3.53. The molecular weight excluding hydrogens is 241 g/mol. The van der Waals surface area contributed by atoms with E-state index in [0.29, 0.717) is 0 Å². The van der Waals surface area contributed by atoms with Gasteiger partial charge >= 0.3 is 0 Å². The number of piperazine rings is 1. The summed E-state index contributed by atoms with van der Waals surface area (Å²) >= 11 is 0. The summed E-state index contributed by atoms with van der Waals surface area (Å²) in [5.74, 6) is -0.160. The molecule has 2 N–H and O–H groups in total. The molecule has 19 heavy (non-hydrogen) atoms. The lowest BCUT2D eigenvalue weighted by atomic mass is 10.0. The zero-order valence-corrected chi connectivity index (χ0v) is 11.2. The number of hydrogen-bond acceptors (Lipinski definition) is 2. The fourth-order valence-corrected chi connectivity index (χ4v) is 2.87. The Morgan fingerprint density at radius 1 is 1.37 bits per heavy atom. The van der Waals surface area contributed by atoms with E-state index in [4.69, 9.17) is 0 Å². The molecule has 2 aromatic rings. The van der Waals surface area contributed by atoms with Crippen molar-refractivity contribution in [3.8, 4) is 0 Å².